The average Bonchev–Trinajstić information content (AvgIpc) is 2.48. The molecule has 2 aromatic carbocycles. The van der Waals surface area contributed by atoms with Crippen LogP contribution in [0.15, 0.2) is 42.5 Å². The summed E-state index contributed by atoms with van der Waals surface area (Å²) in [6.07, 6.45) is 0. The molecule has 0 saturated heterocycles. The Kier molecular flexibility index (Phi) is 5.04. The van der Waals surface area contributed by atoms with Crippen molar-refractivity contribution >= 4 is 5.91 Å². The molecule has 2 rings (SSSR count). The molecule has 0 saturated carbocycles. The first-order valence-electron chi connectivity index (χ1n) is 6.58. The Balaban J connectivity index is 1.89. The van der Waals surface area contributed by atoms with E-state index in [1.54, 1.807) is 6.92 Å². The van der Waals surface area contributed by atoms with Crippen LogP contribution < -0.4 is 10.1 Å². The summed E-state index contributed by atoms with van der Waals surface area (Å²) >= 11 is 0. The van der Waals surface area contributed by atoms with E-state index in [1.807, 2.05) is 0 Å². The van der Waals surface area contributed by atoms with Crippen molar-refractivity contribution in [3.05, 3.63) is 65.5 Å². The van der Waals surface area contributed by atoms with Gasteiger partial charge in [-0.1, -0.05) is 12.1 Å². The molecule has 0 heterocycles. The van der Waals surface area contributed by atoms with E-state index in [9.17, 15) is 18.0 Å². The van der Waals surface area contributed by atoms with Crippen LogP contribution in [-0.2, 0) is 4.79 Å². The highest BCUT2D eigenvalue weighted by Gasteiger charge is 2.12. The lowest BCUT2D eigenvalue weighted by atomic mass is 10.1. The first kappa shape index (κ1) is 15.9. The van der Waals surface area contributed by atoms with E-state index in [4.69, 9.17) is 4.74 Å². The fourth-order valence-corrected chi connectivity index (χ4v) is 1.85. The maximum Gasteiger partial charge on any atom is 0.258 e. The van der Waals surface area contributed by atoms with Gasteiger partial charge in [0.1, 0.15) is 11.6 Å². The number of hydrogen-bond acceptors (Lipinski definition) is 2. The molecular formula is C16H14F3NO2. The van der Waals surface area contributed by atoms with Crippen molar-refractivity contribution in [1.29, 1.82) is 0 Å². The zero-order valence-corrected chi connectivity index (χ0v) is 11.8. The fourth-order valence-electron chi connectivity index (χ4n) is 1.85. The lowest BCUT2D eigenvalue weighted by molar-refractivity contribution is -0.123. The highest BCUT2D eigenvalue weighted by Crippen LogP contribution is 2.16. The second-order valence-electron chi connectivity index (χ2n) is 4.71. The van der Waals surface area contributed by atoms with Gasteiger partial charge in [0.05, 0.1) is 6.04 Å². The Morgan fingerprint density at radius 2 is 1.91 bits per heavy atom. The summed E-state index contributed by atoms with van der Waals surface area (Å²) < 4.78 is 44.1. The molecule has 6 heteroatoms. The van der Waals surface area contributed by atoms with Crippen LogP contribution in [0.2, 0.25) is 0 Å². The van der Waals surface area contributed by atoms with Gasteiger partial charge in [0.15, 0.2) is 18.2 Å². The van der Waals surface area contributed by atoms with Crippen molar-refractivity contribution in [3.63, 3.8) is 0 Å². The van der Waals surface area contributed by atoms with E-state index in [-0.39, 0.29) is 12.4 Å². The SMILES string of the molecule is C[C@@H](NC(=O)COc1cccc(F)c1)c1ccc(F)c(F)c1. The van der Waals surface area contributed by atoms with Gasteiger partial charge in [0.25, 0.3) is 5.91 Å². The Morgan fingerprint density at radius 1 is 1.14 bits per heavy atom. The quantitative estimate of drug-likeness (QED) is 0.920. The van der Waals surface area contributed by atoms with Crippen molar-refractivity contribution in [3.8, 4) is 5.75 Å². The van der Waals surface area contributed by atoms with Gasteiger partial charge in [0, 0.05) is 6.07 Å². The number of halogens is 3. The molecular weight excluding hydrogens is 295 g/mol. The number of rotatable bonds is 5. The number of carbonyl (C=O) groups is 1. The summed E-state index contributed by atoms with van der Waals surface area (Å²) in [6, 6.07) is 8.30. The van der Waals surface area contributed by atoms with Gasteiger partial charge in [-0.15, -0.1) is 0 Å². The molecule has 0 spiro atoms. The molecule has 0 aliphatic heterocycles. The molecule has 116 valence electrons. The highest BCUT2D eigenvalue weighted by molar-refractivity contribution is 5.78. The minimum absolute atomic E-state index is 0.232. The van der Waals surface area contributed by atoms with Crippen LogP contribution in [0.25, 0.3) is 0 Å². The Hall–Kier alpha value is -2.50. The fraction of sp³-hybridized carbons (Fsp3) is 0.188. The molecule has 0 aliphatic carbocycles. The molecule has 0 aliphatic rings. The maximum absolute atomic E-state index is 13.1. The van der Waals surface area contributed by atoms with Crippen molar-refractivity contribution in [2.75, 3.05) is 6.61 Å². The van der Waals surface area contributed by atoms with E-state index in [0.29, 0.717) is 5.56 Å². The predicted molar refractivity (Wildman–Crippen MR) is 74.8 cm³/mol. The summed E-state index contributed by atoms with van der Waals surface area (Å²) in [5, 5.41) is 2.58. The number of ether oxygens (including phenoxy) is 1. The zero-order valence-electron chi connectivity index (χ0n) is 11.8. The molecule has 2 aromatic rings. The minimum Gasteiger partial charge on any atom is -0.484 e. The molecule has 1 amide bonds. The first-order valence-corrected chi connectivity index (χ1v) is 6.58. The second-order valence-corrected chi connectivity index (χ2v) is 4.71. The van der Waals surface area contributed by atoms with Crippen molar-refractivity contribution < 1.29 is 22.7 Å². The molecule has 1 atom stereocenters. The van der Waals surface area contributed by atoms with Crippen LogP contribution in [0.3, 0.4) is 0 Å². The zero-order chi connectivity index (χ0) is 16.1. The molecule has 22 heavy (non-hydrogen) atoms. The van der Waals surface area contributed by atoms with Crippen LogP contribution in [0.5, 0.6) is 5.75 Å². The Morgan fingerprint density at radius 3 is 2.59 bits per heavy atom. The third-order valence-electron chi connectivity index (χ3n) is 2.99. The number of benzene rings is 2. The maximum atomic E-state index is 13.1. The molecule has 0 fully saturated rings. The Bertz CT molecular complexity index is 676. The van der Waals surface area contributed by atoms with Crippen LogP contribution >= 0.6 is 0 Å². The van der Waals surface area contributed by atoms with E-state index in [0.717, 1.165) is 18.2 Å². The number of nitrogens with one attached hydrogen (secondary N) is 1. The van der Waals surface area contributed by atoms with E-state index in [2.05, 4.69) is 5.32 Å². The topological polar surface area (TPSA) is 38.3 Å². The second kappa shape index (κ2) is 6.98. The van der Waals surface area contributed by atoms with Gasteiger partial charge in [-0.05, 0) is 36.8 Å². The van der Waals surface area contributed by atoms with E-state index in [1.165, 1.54) is 24.3 Å². The van der Waals surface area contributed by atoms with Gasteiger partial charge in [-0.3, -0.25) is 4.79 Å². The lowest BCUT2D eigenvalue weighted by Crippen LogP contribution is -2.31. The third-order valence-corrected chi connectivity index (χ3v) is 2.99. The molecule has 0 bridgehead atoms. The van der Waals surface area contributed by atoms with Crippen LogP contribution in [0.1, 0.15) is 18.5 Å². The standard InChI is InChI=1S/C16H14F3NO2/c1-10(11-5-6-14(18)15(19)7-11)20-16(21)9-22-13-4-2-3-12(17)8-13/h2-8,10H,9H2,1H3,(H,20,21)/t10-/m1/s1. The van der Waals surface area contributed by atoms with Gasteiger partial charge in [-0.25, -0.2) is 13.2 Å². The average molecular weight is 309 g/mol. The van der Waals surface area contributed by atoms with Crippen molar-refractivity contribution in [2.24, 2.45) is 0 Å². The van der Waals surface area contributed by atoms with Gasteiger partial charge < -0.3 is 10.1 Å². The van der Waals surface area contributed by atoms with Crippen molar-refractivity contribution in [1.82, 2.24) is 5.32 Å². The van der Waals surface area contributed by atoms with Gasteiger partial charge in [0.2, 0.25) is 0 Å². The minimum atomic E-state index is -0.977. The Labute approximate surface area is 125 Å². The molecule has 0 unspecified atom stereocenters. The summed E-state index contributed by atoms with van der Waals surface area (Å²) in [6.45, 7) is 1.32. The van der Waals surface area contributed by atoms with Gasteiger partial charge >= 0.3 is 0 Å². The predicted octanol–water partition coefficient (Wildman–Crippen LogP) is 3.36. The smallest absolute Gasteiger partial charge is 0.258 e. The van der Waals surface area contributed by atoms with E-state index < -0.39 is 29.4 Å². The van der Waals surface area contributed by atoms with Crippen LogP contribution in [0, 0.1) is 17.5 Å². The first-order chi connectivity index (χ1) is 10.5. The third kappa shape index (κ3) is 4.25. The molecule has 0 radical (unpaired) electrons. The summed E-state index contributed by atoms with van der Waals surface area (Å²) in [4.78, 5) is 11.7. The number of hydrogen-bond donors (Lipinski definition) is 1. The molecule has 0 aromatic heterocycles. The van der Waals surface area contributed by atoms with Crippen LogP contribution in [-0.4, -0.2) is 12.5 Å². The highest BCUT2D eigenvalue weighted by atomic mass is 19.2. The lowest BCUT2D eigenvalue weighted by Gasteiger charge is -2.15. The van der Waals surface area contributed by atoms with E-state index >= 15 is 0 Å². The summed E-state index contributed by atoms with van der Waals surface area (Å²) in [7, 11) is 0. The largest absolute Gasteiger partial charge is 0.484 e. The molecule has 1 N–H and O–H groups in total. The van der Waals surface area contributed by atoms with Crippen molar-refractivity contribution in [2.45, 2.75) is 13.0 Å². The summed E-state index contributed by atoms with van der Waals surface area (Å²) in [5.41, 5.74) is 0.429. The monoisotopic (exact) mass is 309 g/mol. The van der Waals surface area contributed by atoms with Crippen LogP contribution in [0.4, 0.5) is 13.2 Å². The number of carbonyl (C=O) groups excluding carboxylic acids is 1. The molecule has 3 nitrogen and oxygen atoms in total. The number of amides is 1. The summed E-state index contributed by atoms with van der Waals surface area (Å²) in [5.74, 6) is -2.61. The van der Waals surface area contributed by atoms with Gasteiger partial charge in [-0.2, -0.15) is 0 Å². The normalized spacial score (nSPS) is 11.8.